The second-order valence-corrected chi connectivity index (χ2v) is 4.10. The molecule has 2 amide bonds. The summed E-state index contributed by atoms with van der Waals surface area (Å²) in [5.74, 6) is -2.24. The molecule has 3 N–H and O–H groups in total. The lowest BCUT2D eigenvalue weighted by Gasteiger charge is -2.17. The third-order valence-electron chi connectivity index (χ3n) is 2.50. The molecule has 0 fully saturated rings. The number of rotatable bonds is 7. The zero-order valence-electron chi connectivity index (χ0n) is 11.0. The van der Waals surface area contributed by atoms with Crippen molar-refractivity contribution in [3.8, 4) is 0 Å². The molecule has 0 aliphatic carbocycles. The number of carboxylic acid groups (broad SMARTS) is 1. The van der Waals surface area contributed by atoms with Gasteiger partial charge in [-0.1, -0.05) is 6.08 Å². The van der Waals surface area contributed by atoms with Gasteiger partial charge < -0.3 is 20.2 Å². The van der Waals surface area contributed by atoms with E-state index in [1.54, 1.807) is 6.07 Å². The van der Waals surface area contributed by atoms with E-state index in [1.165, 1.54) is 25.3 Å². The molecule has 2 unspecified atom stereocenters. The Hall–Kier alpha value is -2.57. The van der Waals surface area contributed by atoms with Crippen molar-refractivity contribution in [1.82, 2.24) is 10.6 Å². The van der Waals surface area contributed by atoms with Crippen molar-refractivity contribution in [2.24, 2.45) is 0 Å². The summed E-state index contributed by atoms with van der Waals surface area (Å²) in [6.07, 6.45) is 2.83. The van der Waals surface area contributed by atoms with Crippen LogP contribution in [-0.2, 0) is 9.59 Å². The Morgan fingerprint density at radius 1 is 1.45 bits per heavy atom. The van der Waals surface area contributed by atoms with Gasteiger partial charge in [0.1, 0.15) is 12.1 Å². The van der Waals surface area contributed by atoms with E-state index in [9.17, 15) is 14.4 Å². The van der Waals surface area contributed by atoms with Crippen LogP contribution in [0.4, 0.5) is 0 Å². The third-order valence-corrected chi connectivity index (χ3v) is 2.50. The van der Waals surface area contributed by atoms with E-state index >= 15 is 0 Å². The first-order valence-corrected chi connectivity index (χ1v) is 5.94. The van der Waals surface area contributed by atoms with Crippen LogP contribution in [0.15, 0.2) is 35.5 Å². The van der Waals surface area contributed by atoms with Gasteiger partial charge in [0.15, 0.2) is 5.76 Å². The Balaban J connectivity index is 2.56. The maximum Gasteiger partial charge on any atom is 0.326 e. The number of carboxylic acids is 1. The smallest absolute Gasteiger partial charge is 0.326 e. The van der Waals surface area contributed by atoms with Gasteiger partial charge in [-0.25, -0.2) is 4.79 Å². The lowest BCUT2D eigenvalue weighted by atomic mass is 10.2. The molecule has 7 heteroatoms. The minimum absolute atomic E-state index is 0.0746. The zero-order valence-corrected chi connectivity index (χ0v) is 11.0. The monoisotopic (exact) mass is 280 g/mol. The number of amides is 2. The van der Waals surface area contributed by atoms with Crippen molar-refractivity contribution in [1.29, 1.82) is 0 Å². The van der Waals surface area contributed by atoms with Gasteiger partial charge in [0, 0.05) is 0 Å². The maximum atomic E-state index is 11.8. The van der Waals surface area contributed by atoms with Gasteiger partial charge in [0.25, 0.3) is 5.91 Å². The largest absolute Gasteiger partial charge is 0.480 e. The average Bonchev–Trinajstić information content (AvgIpc) is 2.91. The van der Waals surface area contributed by atoms with Crippen LogP contribution in [0, 0.1) is 0 Å². The van der Waals surface area contributed by atoms with Crippen LogP contribution in [0.25, 0.3) is 0 Å². The van der Waals surface area contributed by atoms with Gasteiger partial charge >= 0.3 is 5.97 Å². The summed E-state index contributed by atoms with van der Waals surface area (Å²) in [5.41, 5.74) is 0. The second-order valence-electron chi connectivity index (χ2n) is 4.10. The summed E-state index contributed by atoms with van der Waals surface area (Å²) in [7, 11) is 0. The molecule has 0 aliphatic rings. The number of carbonyl (C=O) groups is 3. The molecule has 1 aromatic heterocycles. The normalized spacial score (nSPS) is 13.1. The molecular weight excluding hydrogens is 264 g/mol. The van der Waals surface area contributed by atoms with E-state index in [2.05, 4.69) is 17.2 Å². The van der Waals surface area contributed by atoms with Crippen molar-refractivity contribution < 1.29 is 23.9 Å². The molecule has 0 bridgehead atoms. The van der Waals surface area contributed by atoms with Gasteiger partial charge in [-0.15, -0.1) is 6.58 Å². The highest BCUT2D eigenvalue weighted by atomic mass is 16.4. The number of carbonyl (C=O) groups excluding carboxylic acids is 2. The van der Waals surface area contributed by atoms with Crippen molar-refractivity contribution in [3.63, 3.8) is 0 Å². The summed E-state index contributed by atoms with van der Waals surface area (Å²) in [6.45, 7) is 4.87. The lowest BCUT2D eigenvalue weighted by molar-refractivity contribution is -0.141. The van der Waals surface area contributed by atoms with Gasteiger partial charge in [0.2, 0.25) is 5.91 Å². The van der Waals surface area contributed by atoms with E-state index in [1.807, 2.05) is 0 Å². The van der Waals surface area contributed by atoms with Crippen molar-refractivity contribution >= 4 is 17.8 Å². The highest BCUT2D eigenvalue weighted by Crippen LogP contribution is 2.00. The first kappa shape index (κ1) is 15.5. The Bertz CT molecular complexity index is 495. The van der Waals surface area contributed by atoms with Crippen molar-refractivity contribution in [3.05, 3.63) is 36.8 Å². The first-order valence-electron chi connectivity index (χ1n) is 5.94. The number of furan rings is 1. The molecule has 7 nitrogen and oxygen atoms in total. The summed E-state index contributed by atoms with van der Waals surface area (Å²) in [4.78, 5) is 34.3. The fourth-order valence-electron chi connectivity index (χ4n) is 1.43. The SMILES string of the molecule is C=CCC(NC(=O)C(C)NC(=O)c1ccco1)C(=O)O. The predicted octanol–water partition coefficient (Wildman–Crippen LogP) is 0.543. The number of aliphatic carboxylic acids is 1. The number of nitrogens with one attached hydrogen (secondary N) is 2. The van der Waals surface area contributed by atoms with E-state index in [0.29, 0.717) is 0 Å². The molecule has 0 saturated carbocycles. The molecular formula is C13H16N2O5. The standard InChI is InChI=1S/C13H16N2O5/c1-3-5-9(13(18)19)15-11(16)8(2)14-12(17)10-6-4-7-20-10/h3-4,6-9H,1,5H2,2H3,(H,14,17)(H,15,16)(H,18,19). The second kappa shape index (κ2) is 7.13. The summed E-state index contributed by atoms with van der Waals surface area (Å²) < 4.78 is 4.88. The van der Waals surface area contributed by atoms with E-state index in [4.69, 9.17) is 9.52 Å². The molecule has 0 spiro atoms. The highest BCUT2D eigenvalue weighted by molar-refractivity contribution is 5.96. The van der Waals surface area contributed by atoms with Crippen molar-refractivity contribution in [2.45, 2.75) is 25.4 Å². The molecule has 1 aromatic rings. The van der Waals surface area contributed by atoms with Crippen LogP contribution in [0.1, 0.15) is 23.9 Å². The Morgan fingerprint density at radius 2 is 2.15 bits per heavy atom. The van der Waals surface area contributed by atoms with E-state index < -0.39 is 29.9 Å². The van der Waals surface area contributed by atoms with Crippen molar-refractivity contribution in [2.75, 3.05) is 0 Å². The number of hydrogen-bond acceptors (Lipinski definition) is 4. The molecule has 0 aliphatic heterocycles. The van der Waals surface area contributed by atoms with Gasteiger partial charge in [-0.05, 0) is 25.5 Å². The molecule has 0 saturated heterocycles. The molecule has 0 radical (unpaired) electrons. The molecule has 0 aromatic carbocycles. The molecule has 1 heterocycles. The Labute approximate surface area is 115 Å². The molecule has 20 heavy (non-hydrogen) atoms. The minimum atomic E-state index is -1.16. The quantitative estimate of drug-likeness (QED) is 0.632. The Morgan fingerprint density at radius 3 is 2.65 bits per heavy atom. The van der Waals surface area contributed by atoms with Crippen LogP contribution >= 0.6 is 0 Å². The first-order chi connectivity index (χ1) is 9.45. The number of hydrogen-bond donors (Lipinski definition) is 3. The fourth-order valence-corrected chi connectivity index (χ4v) is 1.43. The predicted molar refractivity (Wildman–Crippen MR) is 70.0 cm³/mol. The summed E-state index contributed by atoms with van der Waals surface area (Å²) in [5, 5.41) is 13.6. The van der Waals surface area contributed by atoms with Crippen LogP contribution in [0.3, 0.4) is 0 Å². The van der Waals surface area contributed by atoms with E-state index in [0.717, 1.165) is 0 Å². The van der Waals surface area contributed by atoms with Gasteiger partial charge in [0.05, 0.1) is 6.26 Å². The van der Waals surface area contributed by atoms with Gasteiger partial charge in [-0.3, -0.25) is 9.59 Å². The van der Waals surface area contributed by atoms with E-state index in [-0.39, 0.29) is 12.2 Å². The van der Waals surface area contributed by atoms with Crippen LogP contribution in [0.5, 0.6) is 0 Å². The van der Waals surface area contributed by atoms with Crippen LogP contribution < -0.4 is 10.6 Å². The molecule has 108 valence electrons. The molecule has 1 rings (SSSR count). The topological polar surface area (TPSA) is 109 Å². The fraction of sp³-hybridized carbons (Fsp3) is 0.308. The summed E-state index contributed by atoms with van der Waals surface area (Å²) >= 11 is 0. The highest BCUT2D eigenvalue weighted by Gasteiger charge is 2.23. The summed E-state index contributed by atoms with van der Waals surface area (Å²) in [6, 6.07) is 1.05. The van der Waals surface area contributed by atoms with Crippen LogP contribution in [0.2, 0.25) is 0 Å². The zero-order chi connectivity index (χ0) is 15.1. The Kier molecular flexibility index (Phi) is 5.52. The van der Waals surface area contributed by atoms with Crippen LogP contribution in [-0.4, -0.2) is 35.0 Å². The average molecular weight is 280 g/mol. The third kappa shape index (κ3) is 4.27. The molecule has 2 atom stereocenters. The van der Waals surface area contributed by atoms with Gasteiger partial charge in [-0.2, -0.15) is 0 Å². The lowest BCUT2D eigenvalue weighted by Crippen LogP contribution is -2.50. The maximum absolute atomic E-state index is 11.8. The minimum Gasteiger partial charge on any atom is -0.480 e.